The van der Waals surface area contributed by atoms with Gasteiger partial charge in [-0.2, -0.15) is 0 Å². The summed E-state index contributed by atoms with van der Waals surface area (Å²) in [6.07, 6.45) is 0. The molecule has 0 saturated carbocycles. The molecule has 0 aromatic heterocycles. The monoisotopic (exact) mass is 490 g/mol. The van der Waals surface area contributed by atoms with E-state index in [0.29, 0.717) is 0 Å². The SMILES string of the molecule is Cc1ccc([C@H](C)NC(=O)CN(c2cc(Cl)cc(Cl)c2)S(=O)(=O)c2ccc(C)cc2)cc1. The number of anilines is 1. The lowest BCUT2D eigenvalue weighted by atomic mass is 10.1. The number of hydrogen-bond donors (Lipinski definition) is 1. The molecule has 0 aliphatic heterocycles. The van der Waals surface area contributed by atoms with Crippen molar-refractivity contribution < 1.29 is 13.2 Å². The Labute approximate surface area is 199 Å². The van der Waals surface area contributed by atoms with Gasteiger partial charge in [0.2, 0.25) is 5.91 Å². The van der Waals surface area contributed by atoms with E-state index in [1.165, 1.54) is 30.3 Å². The zero-order chi connectivity index (χ0) is 23.5. The Morgan fingerprint density at radius 2 is 1.41 bits per heavy atom. The van der Waals surface area contributed by atoms with E-state index in [9.17, 15) is 13.2 Å². The average Bonchev–Trinajstić information content (AvgIpc) is 2.72. The van der Waals surface area contributed by atoms with E-state index in [1.54, 1.807) is 12.1 Å². The Morgan fingerprint density at radius 1 is 0.906 bits per heavy atom. The second-order valence-electron chi connectivity index (χ2n) is 7.65. The van der Waals surface area contributed by atoms with Crippen LogP contribution in [0.15, 0.2) is 71.6 Å². The number of nitrogens with one attached hydrogen (secondary N) is 1. The largest absolute Gasteiger partial charge is 0.348 e. The van der Waals surface area contributed by atoms with Gasteiger partial charge in [-0.15, -0.1) is 0 Å². The van der Waals surface area contributed by atoms with Crippen LogP contribution in [0, 0.1) is 13.8 Å². The van der Waals surface area contributed by atoms with E-state index in [0.717, 1.165) is 21.0 Å². The lowest BCUT2D eigenvalue weighted by Crippen LogP contribution is -2.41. The number of carbonyl (C=O) groups is 1. The molecule has 3 aromatic carbocycles. The number of amides is 1. The van der Waals surface area contributed by atoms with Gasteiger partial charge in [0, 0.05) is 10.0 Å². The van der Waals surface area contributed by atoms with Crippen molar-refractivity contribution in [1.82, 2.24) is 5.32 Å². The van der Waals surface area contributed by atoms with Gasteiger partial charge in [-0.1, -0.05) is 70.7 Å². The molecule has 3 rings (SSSR count). The quantitative estimate of drug-likeness (QED) is 0.462. The highest BCUT2D eigenvalue weighted by atomic mass is 35.5. The standard InChI is InChI=1S/C24H24Cl2N2O3S/c1-16-4-8-19(9-5-16)18(3)27-24(29)15-28(22-13-20(25)12-21(26)14-22)32(30,31)23-10-6-17(2)7-11-23/h4-14,18H,15H2,1-3H3,(H,27,29)/t18-/m0/s1. The van der Waals surface area contributed by atoms with Crippen molar-refractivity contribution >= 4 is 44.8 Å². The third-order valence-electron chi connectivity index (χ3n) is 4.99. The summed E-state index contributed by atoms with van der Waals surface area (Å²) < 4.78 is 27.9. The molecule has 1 amide bonds. The van der Waals surface area contributed by atoms with Crippen LogP contribution in [-0.4, -0.2) is 20.9 Å². The van der Waals surface area contributed by atoms with Crippen LogP contribution in [0.25, 0.3) is 0 Å². The van der Waals surface area contributed by atoms with Gasteiger partial charge in [-0.05, 0) is 56.7 Å². The summed E-state index contributed by atoms with van der Waals surface area (Å²) in [4.78, 5) is 13.0. The minimum Gasteiger partial charge on any atom is -0.348 e. The van der Waals surface area contributed by atoms with Crippen molar-refractivity contribution in [1.29, 1.82) is 0 Å². The van der Waals surface area contributed by atoms with E-state index in [1.807, 2.05) is 45.0 Å². The number of benzene rings is 3. The number of nitrogens with zero attached hydrogens (tertiary/aromatic N) is 1. The van der Waals surface area contributed by atoms with Crippen LogP contribution >= 0.6 is 23.2 Å². The molecular formula is C24H24Cl2N2O3S. The van der Waals surface area contributed by atoms with Crippen LogP contribution in [-0.2, 0) is 14.8 Å². The Hall–Kier alpha value is -2.54. The molecule has 0 radical (unpaired) electrons. The lowest BCUT2D eigenvalue weighted by Gasteiger charge is -2.25. The fourth-order valence-corrected chi connectivity index (χ4v) is 5.11. The summed E-state index contributed by atoms with van der Waals surface area (Å²) in [6.45, 7) is 5.27. The summed E-state index contributed by atoms with van der Waals surface area (Å²) in [6, 6.07) is 18.3. The van der Waals surface area contributed by atoms with Crippen LogP contribution in [0.3, 0.4) is 0 Å². The van der Waals surface area contributed by atoms with E-state index in [4.69, 9.17) is 23.2 Å². The van der Waals surface area contributed by atoms with Gasteiger partial charge < -0.3 is 5.32 Å². The van der Waals surface area contributed by atoms with E-state index >= 15 is 0 Å². The fourth-order valence-electron chi connectivity index (χ4n) is 3.19. The number of halogens is 2. The zero-order valence-electron chi connectivity index (χ0n) is 18.0. The molecule has 0 unspecified atom stereocenters. The number of rotatable bonds is 7. The van der Waals surface area contributed by atoms with Crippen molar-refractivity contribution in [2.75, 3.05) is 10.8 Å². The molecule has 0 aliphatic carbocycles. The molecule has 32 heavy (non-hydrogen) atoms. The average molecular weight is 491 g/mol. The maximum atomic E-state index is 13.5. The summed E-state index contributed by atoms with van der Waals surface area (Å²) in [5.74, 6) is -0.454. The van der Waals surface area contributed by atoms with E-state index in [-0.39, 0.29) is 26.7 Å². The predicted octanol–water partition coefficient (Wildman–Crippen LogP) is 5.68. The minimum absolute atomic E-state index is 0.0681. The van der Waals surface area contributed by atoms with Gasteiger partial charge >= 0.3 is 0 Å². The van der Waals surface area contributed by atoms with Crippen LogP contribution in [0.1, 0.15) is 29.7 Å². The van der Waals surface area contributed by atoms with Crippen LogP contribution < -0.4 is 9.62 Å². The number of hydrogen-bond acceptors (Lipinski definition) is 3. The van der Waals surface area contributed by atoms with Crippen molar-refractivity contribution in [3.05, 3.63) is 93.5 Å². The van der Waals surface area contributed by atoms with Gasteiger partial charge in [0.05, 0.1) is 16.6 Å². The summed E-state index contributed by atoms with van der Waals surface area (Å²) >= 11 is 12.2. The molecule has 8 heteroatoms. The number of carbonyl (C=O) groups excluding carboxylic acids is 1. The summed E-state index contributed by atoms with van der Waals surface area (Å²) in [7, 11) is -4.05. The van der Waals surface area contributed by atoms with Gasteiger partial charge in [-0.3, -0.25) is 9.10 Å². The third-order valence-corrected chi connectivity index (χ3v) is 7.21. The zero-order valence-corrected chi connectivity index (χ0v) is 20.3. The number of sulfonamides is 1. The van der Waals surface area contributed by atoms with Gasteiger partial charge in [0.1, 0.15) is 6.54 Å². The molecule has 0 spiro atoms. The maximum Gasteiger partial charge on any atom is 0.264 e. The highest BCUT2D eigenvalue weighted by Crippen LogP contribution is 2.30. The molecule has 0 bridgehead atoms. The smallest absolute Gasteiger partial charge is 0.264 e. The Kier molecular flexibility index (Phi) is 7.49. The molecule has 1 atom stereocenters. The van der Waals surface area contributed by atoms with Gasteiger partial charge in [0.15, 0.2) is 0 Å². The number of aryl methyl sites for hydroxylation is 2. The Morgan fingerprint density at radius 3 is 1.94 bits per heavy atom. The highest BCUT2D eigenvalue weighted by Gasteiger charge is 2.28. The predicted molar refractivity (Wildman–Crippen MR) is 130 cm³/mol. The molecule has 0 fully saturated rings. The highest BCUT2D eigenvalue weighted by molar-refractivity contribution is 7.92. The summed E-state index contributed by atoms with van der Waals surface area (Å²) in [5, 5.41) is 3.40. The van der Waals surface area contributed by atoms with E-state index < -0.39 is 22.5 Å². The minimum atomic E-state index is -4.05. The second kappa shape index (κ2) is 9.94. The molecule has 5 nitrogen and oxygen atoms in total. The molecule has 1 N–H and O–H groups in total. The van der Waals surface area contributed by atoms with Crippen LogP contribution in [0.5, 0.6) is 0 Å². The maximum absolute atomic E-state index is 13.5. The van der Waals surface area contributed by atoms with Crippen LogP contribution in [0.2, 0.25) is 10.0 Å². The first kappa shape index (κ1) is 24.1. The van der Waals surface area contributed by atoms with Crippen molar-refractivity contribution in [3.8, 4) is 0 Å². The van der Waals surface area contributed by atoms with Gasteiger partial charge in [0.25, 0.3) is 10.0 Å². The van der Waals surface area contributed by atoms with E-state index in [2.05, 4.69) is 5.32 Å². The molecular weight excluding hydrogens is 467 g/mol. The first-order chi connectivity index (χ1) is 15.1. The van der Waals surface area contributed by atoms with Crippen molar-refractivity contribution in [2.45, 2.75) is 31.7 Å². The molecule has 168 valence electrons. The molecule has 0 aliphatic rings. The third kappa shape index (κ3) is 5.82. The Bertz CT molecular complexity index is 1190. The van der Waals surface area contributed by atoms with Crippen molar-refractivity contribution in [2.24, 2.45) is 0 Å². The van der Waals surface area contributed by atoms with Gasteiger partial charge in [-0.25, -0.2) is 8.42 Å². The van der Waals surface area contributed by atoms with Crippen LogP contribution in [0.4, 0.5) is 5.69 Å². The molecule has 3 aromatic rings. The molecule has 0 saturated heterocycles. The second-order valence-corrected chi connectivity index (χ2v) is 10.4. The fraction of sp³-hybridized carbons (Fsp3) is 0.208. The normalized spacial score (nSPS) is 12.3. The lowest BCUT2D eigenvalue weighted by molar-refractivity contribution is -0.120. The topological polar surface area (TPSA) is 66.5 Å². The molecule has 0 heterocycles. The Balaban J connectivity index is 1.92. The first-order valence-electron chi connectivity index (χ1n) is 9.97. The summed E-state index contributed by atoms with van der Waals surface area (Å²) in [5.41, 5.74) is 3.16. The van der Waals surface area contributed by atoms with Crippen molar-refractivity contribution in [3.63, 3.8) is 0 Å². The first-order valence-corrected chi connectivity index (χ1v) is 12.2.